The van der Waals surface area contributed by atoms with E-state index in [1.54, 1.807) is 30.3 Å². The Balaban J connectivity index is 1.45. The Labute approximate surface area is 233 Å². The Morgan fingerprint density at radius 3 is 2.42 bits per heavy atom. The highest BCUT2D eigenvalue weighted by atomic mass is 127. The zero-order chi connectivity index (χ0) is 27.2. The van der Waals surface area contributed by atoms with E-state index in [0.717, 1.165) is 13.8 Å². The number of amides is 1. The summed E-state index contributed by atoms with van der Waals surface area (Å²) < 4.78 is 13.2. The molecule has 194 valence electrons. The van der Waals surface area contributed by atoms with Gasteiger partial charge in [0, 0.05) is 34.4 Å². The topological polar surface area (TPSA) is 146 Å². The highest BCUT2D eigenvalue weighted by Gasteiger charge is 2.15. The third-order valence-electron chi connectivity index (χ3n) is 5.18. The van der Waals surface area contributed by atoms with E-state index in [1.807, 2.05) is 13.0 Å². The van der Waals surface area contributed by atoms with Crippen LogP contribution >= 0.6 is 33.9 Å². The Hall–Kier alpha value is -4.11. The number of carbonyl (C=O) groups is 1. The fraction of sp³-hybridized carbons (Fsp3) is 0.120. The summed E-state index contributed by atoms with van der Waals surface area (Å²) in [4.78, 5) is 33.8. The number of nitro benzene ring substituents is 2. The first-order chi connectivity index (χ1) is 18.2. The van der Waals surface area contributed by atoms with E-state index >= 15 is 0 Å². The van der Waals surface area contributed by atoms with Gasteiger partial charge in [-0.1, -0.05) is 0 Å². The molecular weight excluding hydrogens is 627 g/mol. The van der Waals surface area contributed by atoms with Crippen molar-refractivity contribution >= 4 is 67.5 Å². The van der Waals surface area contributed by atoms with Gasteiger partial charge in [0.05, 0.1) is 31.1 Å². The molecule has 0 saturated carbocycles. The predicted molar refractivity (Wildman–Crippen MR) is 151 cm³/mol. The molecular formula is C25H19IN4O7S. The third kappa shape index (κ3) is 6.41. The molecule has 0 bridgehead atoms. The normalized spacial score (nSPS) is 11.0. The van der Waals surface area contributed by atoms with E-state index < -0.39 is 15.8 Å². The van der Waals surface area contributed by atoms with Crippen molar-refractivity contribution in [2.24, 2.45) is 5.10 Å². The molecule has 3 aromatic carbocycles. The second-order valence-corrected chi connectivity index (χ2v) is 10.0. The van der Waals surface area contributed by atoms with Crippen LogP contribution in [0.3, 0.4) is 0 Å². The number of rotatable bonds is 10. The molecule has 0 saturated heterocycles. The minimum atomic E-state index is -0.481. The van der Waals surface area contributed by atoms with Crippen LogP contribution in [0.15, 0.2) is 65.8 Å². The number of hydrogen-bond donors (Lipinski definition) is 1. The Morgan fingerprint density at radius 2 is 1.74 bits per heavy atom. The molecule has 1 N–H and O–H groups in total. The van der Waals surface area contributed by atoms with Crippen LogP contribution in [0, 0.1) is 23.8 Å². The summed E-state index contributed by atoms with van der Waals surface area (Å²) in [7, 11) is 0. The number of ether oxygens (including phenoxy) is 2. The maximum atomic E-state index is 12.6. The van der Waals surface area contributed by atoms with E-state index in [0.29, 0.717) is 33.9 Å². The van der Waals surface area contributed by atoms with Crippen molar-refractivity contribution in [1.29, 1.82) is 0 Å². The van der Waals surface area contributed by atoms with E-state index in [9.17, 15) is 25.0 Å². The van der Waals surface area contributed by atoms with Crippen molar-refractivity contribution in [3.8, 4) is 11.5 Å². The number of hydrazone groups is 1. The minimum Gasteiger partial charge on any atom is -0.490 e. The number of nitrogens with one attached hydrogen (secondary N) is 1. The SMILES string of the molecule is CCOc1cc(/C=N\NC(=O)c2cc3cc([N+](=O)[O-])ccc3s2)cc(I)c1OCc1ccc([N+](=O)[O-])cc1. The Bertz CT molecular complexity index is 1550. The third-order valence-corrected chi connectivity index (χ3v) is 7.09. The van der Waals surface area contributed by atoms with Crippen molar-refractivity contribution < 1.29 is 24.1 Å². The summed E-state index contributed by atoms with van der Waals surface area (Å²) in [6.45, 7) is 2.43. The van der Waals surface area contributed by atoms with Gasteiger partial charge in [-0.15, -0.1) is 11.3 Å². The molecule has 0 aliphatic rings. The van der Waals surface area contributed by atoms with Gasteiger partial charge in [-0.3, -0.25) is 25.0 Å². The summed E-state index contributed by atoms with van der Waals surface area (Å²) >= 11 is 3.32. The van der Waals surface area contributed by atoms with E-state index in [-0.39, 0.29) is 18.0 Å². The summed E-state index contributed by atoms with van der Waals surface area (Å²) in [6, 6.07) is 15.7. The zero-order valence-electron chi connectivity index (χ0n) is 19.8. The molecule has 0 radical (unpaired) electrons. The average molecular weight is 646 g/mol. The maximum absolute atomic E-state index is 12.6. The second-order valence-electron chi connectivity index (χ2n) is 7.76. The lowest BCUT2D eigenvalue weighted by molar-refractivity contribution is -0.385. The van der Waals surface area contributed by atoms with Crippen LogP contribution in [-0.4, -0.2) is 28.6 Å². The van der Waals surface area contributed by atoms with Crippen LogP contribution in [0.25, 0.3) is 10.1 Å². The first kappa shape index (κ1) is 26.9. The number of nitrogens with zero attached hydrogens (tertiary/aromatic N) is 3. The van der Waals surface area contributed by atoms with Gasteiger partial charge in [-0.05, 0) is 77.0 Å². The lowest BCUT2D eigenvalue weighted by Crippen LogP contribution is -2.16. The zero-order valence-corrected chi connectivity index (χ0v) is 22.7. The molecule has 1 amide bonds. The molecule has 0 atom stereocenters. The van der Waals surface area contributed by atoms with Gasteiger partial charge in [0.25, 0.3) is 17.3 Å². The maximum Gasteiger partial charge on any atom is 0.281 e. The number of thiophene rings is 1. The largest absolute Gasteiger partial charge is 0.490 e. The van der Waals surface area contributed by atoms with Crippen LogP contribution in [-0.2, 0) is 6.61 Å². The van der Waals surface area contributed by atoms with Crippen LogP contribution in [0.1, 0.15) is 27.7 Å². The predicted octanol–water partition coefficient (Wildman–Crippen LogP) is 6.06. The number of nitro groups is 2. The molecule has 4 aromatic rings. The molecule has 0 unspecified atom stereocenters. The molecule has 0 spiro atoms. The molecule has 11 nitrogen and oxygen atoms in total. The van der Waals surface area contributed by atoms with Crippen molar-refractivity contribution in [3.05, 3.63) is 100 Å². The average Bonchev–Trinajstić information content (AvgIpc) is 3.32. The second kappa shape index (κ2) is 12.0. The fourth-order valence-corrected chi connectivity index (χ4v) is 5.13. The molecule has 38 heavy (non-hydrogen) atoms. The van der Waals surface area contributed by atoms with Gasteiger partial charge in [0.15, 0.2) is 11.5 Å². The van der Waals surface area contributed by atoms with Gasteiger partial charge >= 0.3 is 0 Å². The van der Waals surface area contributed by atoms with Gasteiger partial charge < -0.3 is 9.47 Å². The van der Waals surface area contributed by atoms with Crippen LogP contribution in [0.5, 0.6) is 11.5 Å². The number of fused-ring (bicyclic) bond motifs is 1. The molecule has 1 aromatic heterocycles. The lowest BCUT2D eigenvalue weighted by Gasteiger charge is -2.14. The van der Waals surface area contributed by atoms with Crippen molar-refractivity contribution in [2.45, 2.75) is 13.5 Å². The lowest BCUT2D eigenvalue weighted by atomic mass is 10.2. The highest BCUT2D eigenvalue weighted by molar-refractivity contribution is 14.1. The number of non-ortho nitro benzene ring substituents is 2. The number of carbonyl (C=O) groups excluding carboxylic acids is 1. The number of halogens is 1. The van der Waals surface area contributed by atoms with Gasteiger partial charge in [0.2, 0.25) is 0 Å². The number of hydrogen-bond acceptors (Lipinski definition) is 9. The van der Waals surface area contributed by atoms with Gasteiger partial charge in [0.1, 0.15) is 6.61 Å². The summed E-state index contributed by atoms with van der Waals surface area (Å²) in [5.41, 5.74) is 3.86. The molecule has 1 heterocycles. The smallest absolute Gasteiger partial charge is 0.281 e. The molecule has 4 rings (SSSR count). The van der Waals surface area contributed by atoms with E-state index in [4.69, 9.17) is 9.47 Å². The fourth-order valence-electron chi connectivity index (χ4n) is 3.41. The van der Waals surface area contributed by atoms with Crippen molar-refractivity contribution in [2.75, 3.05) is 6.61 Å². The minimum absolute atomic E-state index is 0.00500. The Kier molecular flexibility index (Phi) is 8.48. The van der Waals surface area contributed by atoms with Gasteiger partial charge in [-0.2, -0.15) is 5.10 Å². The highest BCUT2D eigenvalue weighted by Crippen LogP contribution is 2.35. The first-order valence-corrected chi connectivity index (χ1v) is 13.0. The summed E-state index contributed by atoms with van der Waals surface area (Å²) in [5, 5.41) is 26.5. The van der Waals surface area contributed by atoms with Crippen LogP contribution in [0.2, 0.25) is 0 Å². The Morgan fingerprint density at radius 1 is 1.03 bits per heavy atom. The standard InChI is InChI=1S/C25H19IN4O7S/c1-2-36-21-10-16(9-20(26)24(21)37-14-15-3-5-18(6-4-15)29(32)33)13-27-28-25(31)23-12-17-11-19(30(34)35)7-8-22(17)38-23/h3-13H,2,14H2,1H3,(H,28,31)/b27-13-. The van der Waals surface area contributed by atoms with Crippen LogP contribution in [0.4, 0.5) is 11.4 Å². The monoisotopic (exact) mass is 646 g/mol. The van der Waals surface area contributed by atoms with Crippen molar-refractivity contribution in [3.63, 3.8) is 0 Å². The summed E-state index contributed by atoms with van der Waals surface area (Å²) in [5.74, 6) is 0.569. The summed E-state index contributed by atoms with van der Waals surface area (Å²) in [6.07, 6.45) is 1.47. The quantitative estimate of drug-likeness (QED) is 0.0953. The molecule has 0 aliphatic heterocycles. The molecule has 0 fully saturated rings. The molecule has 13 heteroatoms. The first-order valence-electron chi connectivity index (χ1n) is 11.1. The molecule has 0 aliphatic carbocycles. The number of benzene rings is 3. The van der Waals surface area contributed by atoms with E-state index in [1.165, 1.54) is 41.8 Å². The van der Waals surface area contributed by atoms with Crippen LogP contribution < -0.4 is 14.9 Å². The van der Waals surface area contributed by atoms with Gasteiger partial charge in [-0.25, -0.2) is 5.43 Å². The van der Waals surface area contributed by atoms with Crippen molar-refractivity contribution in [1.82, 2.24) is 5.43 Å². The van der Waals surface area contributed by atoms with E-state index in [2.05, 4.69) is 33.1 Å².